The maximum absolute atomic E-state index is 12.4. The second-order valence-corrected chi connectivity index (χ2v) is 7.96. The zero-order chi connectivity index (χ0) is 18.0. The lowest BCUT2D eigenvalue weighted by atomic mass is 10.2. The Balaban J connectivity index is 2.24. The van der Waals surface area contributed by atoms with Crippen molar-refractivity contribution in [1.29, 1.82) is 0 Å². The number of carboxylic acids is 1. The monoisotopic (exact) mass is 365 g/mol. The van der Waals surface area contributed by atoms with Gasteiger partial charge < -0.3 is 14.5 Å². The van der Waals surface area contributed by atoms with Gasteiger partial charge in [0.05, 0.1) is 4.91 Å². The van der Waals surface area contributed by atoms with Crippen molar-refractivity contribution >= 4 is 46.3 Å². The lowest BCUT2D eigenvalue weighted by Gasteiger charge is -2.14. The molecule has 2 heterocycles. The number of aryl methyl sites for hydroxylation is 1. The number of nitrogens with zero attached hydrogens (tertiary/aromatic N) is 2. The van der Waals surface area contributed by atoms with Crippen molar-refractivity contribution in [2.75, 3.05) is 6.54 Å². The van der Waals surface area contributed by atoms with E-state index < -0.39 is 5.97 Å². The molecule has 2 rings (SSSR count). The van der Waals surface area contributed by atoms with Gasteiger partial charge in [-0.3, -0.25) is 9.69 Å². The van der Waals surface area contributed by atoms with E-state index in [0.717, 1.165) is 23.5 Å². The van der Waals surface area contributed by atoms with Gasteiger partial charge in [-0.25, -0.2) is 0 Å². The average molecular weight is 366 g/mol. The molecule has 0 saturated carbocycles. The Kier molecular flexibility index (Phi) is 5.87. The van der Waals surface area contributed by atoms with Gasteiger partial charge in [0.1, 0.15) is 4.32 Å². The van der Waals surface area contributed by atoms with Crippen molar-refractivity contribution in [3.63, 3.8) is 0 Å². The van der Waals surface area contributed by atoms with Crippen molar-refractivity contribution < 1.29 is 14.7 Å². The van der Waals surface area contributed by atoms with Gasteiger partial charge in [-0.2, -0.15) is 0 Å². The molecular formula is C17H21N2O3S2-. The van der Waals surface area contributed by atoms with Crippen molar-refractivity contribution in [2.45, 2.75) is 40.7 Å². The molecule has 0 N–H and O–H groups in total. The molecule has 0 aliphatic carbocycles. The van der Waals surface area contributed by atoms with Crippen molar-refractivity contribution in [3.05, 3.63) is 27.9 Å². The Hall–Kier alpha value is -1.60. The third-order valence-corrected chi connectivity index (χ3v) is 5.24. The van der Waals surface area contributed by atoms with Crippen LogP contribution in [0.1, 0.15) is 37.2 Å². The molecule has 1 amide bonds. The first-order chi connectivity index (χ1) is 11.2. The van der Waals surface area contributed by atoms with E-state index in [1.807, 2.05) is 13.0 Å². The van der Waals surface area contributed by atoms with Crippen LogP contribution in [-0.4, -0.2) is 32.2 Å². The van der Waals surface area contributed by atoms with Crippen molar-refractivity contribution in [3.8, 4) is 0 Å². The molecule has 5 nitrogen and oxygen atoms in total. The first-order valence-electron chi connectivity index (χ1n) is 7.82. The van der Waals surface area contributed by atoms with Gasteiger partial charge in [0.25, 0.3) is 5.91 Å². The number of amides is 1. The fourth-order valence-corrected chi connectivity index (χ4v) is 3.96. The van der Waals surface area contributed by atoms with E-state index in [-0.39, 0.29) is 18.9 Å². The summed E-state index contributed by atoms with van der Waals surface area (Å²) in [6.07, 6.45) is 1.63. The second-order valence-electron chi connectivity index (χ2n) is 6.29. The molecule has 24 heavy (non-hydrogen) atoms. The fraction of sp³-hybridized carbons (Fsp3) is 0.471. The molecule has 0 aromatic carbocycles. The van der Waals surface area contributed by atoms with E-state index >= 15 is 0 Å². The standard InChI is InChI=1S/C17H22N2O3S2/c1-10(2)9-19-11(3)7-13(12(19)4)8-14-16(22)18(17(23)24-14)6-5-15(20)21/h7-8,10H,5-6,9H2,1-4H3,(H,20,21)/p-1/b14-8-. The number of carbonyl (C=O) groups is 2. The Labute approximate surface area is 151 Å². The van der Waals surface area contributed by atoms with Gasteiger partial charge in [-0.1, -0.05) is 37.8 Å². The molecule has 0 spiro atoms. The average Bonchev–Trinajstić information content (AvgIpc) is 2.88. The molecule has 7 heteroatoms. The summed E-state index contributed by atoms with van der Waals surface area (Å²) in [7, 11) is 0. The van der Waals surface area contributed by atoms with E-state index in [0.29, 0.717) is 15.1 Å². The summed E-state index contributed by atoms with van der Waals surface area (Å²) in [5.41, 5.74) is 3.26. The first kappa shape index (κ1) is 18.7. The molecule has 1 aromatic heterocycles. The molecule has 0 atom stereocenters. The van der Waals surface area contributed by atoms with Crippen LogP contribution in [0.15, 0.2) is 11.0 Å². The maximum atomic E-state index is 12.4. The molecule has 130 valence electrons. The van der Waals surface area contributed by atoms with Crippen LogP contribution >= 0.6 is 24.0 Å². The van der Waals surface area contributed by atoms with Crippen LogP contribution in [0.3, 0.4) is 0 Å². The summed E-state index contributed by atoms with van der Waals surface area (Å²) in [6, 6.07) is 2.06. The number of rotatable bonds is 6. The fourth-order valence-electron chi connectivity index (χ4n) is 2.66. The van der Waals surface area contributed by atoms with E-state index in [2.05, 4.69) is 31.4 Å². The quantitative estimate of drug-likeness (QED) is 0.571. The van der Waals surface area contributed by atoms with Gasteiger partial charge in [0, 0.05) is 36.9 Å². The van der Waals surface area contributed by atoms with Crippen LogP contribution < -0.4 is 5.11 Å². The minimum Gasteiger partial charge on any atom is -0.550 e. The summed E-state index contributed by atoms with van der Waals surface area (Å²) in [5, 5.41) is 10.6. The van der Waals surface area contributed by atoms with Crippen molar-refractivity contribution in [1.82, 2.24) is 9.47 Å². The lowest BCUT2D eigenvalue weighted by Crippen LogP contribution is -2.33. The Morgan fingerprint density at radius 1 is 1.42 bits per heavy atom. The molecular weight excluding hydrogens is 344 g/mol. The summed E-state index contributed by atoms with van der Waals surface area (Å²) in [4.78, 5) is 24.9. The normalized spacial score (nSPS) is 16.7. The van der Waals surface area contributed by atoms with Crippen LogP contribution in [0.5, 0.6) is 0 Å². The van der Waals surface area contributed by atoms with Crippen LogP contribution in [0.4, 0.5) is 0 Å². The number of hydrogen-bond donors (Lipinski definition) is 0. The molecule has 0 bridgehead atoms. The number of aromatic nitrogens is 1. The molecule has 0 radical (unpaired) electrons. The zero-order valence-corrected chi connectivity index (χ0v) is 15.9. The highest BCUT2D eigenvalue weighted by Crippen LogP contribution is 2.33. The summed E-state index contributed by atoms with van der Waals surface area (Å²) in [5.74, 6) is -0.893. The zero-order valence-electron chi connectivity index (χ0n) is 14.3. The molecule has 1 fully saturated rings. The van der Waals surface area contributed by atoms with Crippen LogP contribution in [-0.2, 0) is 16.1 Å². The summed E-state index contributed by atoms with van der Waals surface area (Å²) in [6.45, 7) is 9.41. The van der Waals surface area contributed by atoms with E-state index in [1.165, 1.54) is 16.7 Å². The number of carbonyl (C=O) groups excluding carboxylic acids is 2. The lowest BCUT2D eigenvalue weighted by molar-refractivity contribution is -0.305. The first-order valence-corrected chi connectivity index (χ1v) is 9.05. The predicted molar refractivity (Wildman–Crippen MR) is 98.2 cm³/mol. The molecule has 0 unspecified atom stereocenters. The Morgan fingerprint density at radius 3 is 2.67 bits per heavy atom. The number of aliphatic carboxylic acids is 1. The van der Waals surface area contributed by atoms with Gasteiger partial charge in [-0.15, -0.1) is 0 Å². The summed E-state index contributed by atoms with van der Waals surface area (Å²) >= 11 is 6.40. The highest BCUT2D eigenvalue weighted by atomic mass is 32.2. The van der Waals surface area contributed by atoms with Gasteiger partial charge in [0.2, 0.25) is 0 Å². The number of carboxylic acid groups (broad SMARTS) is 1. The summed E-state index contributed by atoms with van der Waals surface area (Å²) < 4.78 is 2.64. The van der Waals surface area contributed by atoms with Crippen LogP contribution in [0.25, 0.3) is 6.08 Å². The highest BCUT2D eigenvalue weighted by Gasteiger charge is 2.31. The number of thiocarbonyl (C=S) groups is 1. The minimum atomic E-state index is -1.19. The van der Waals surface area contributed by atoms with Gasteiger partial charge in [0.15, 0.2) is 0 Å². The molecule has 1 saturated heterocycles. The predicted octanol–water partition coefficient (Wildman–Crippen LogP) is 2.10. The second kappa shape index (κ2) is 7.53. The SMILES string of the molecule is Cc1cc(/C=C2\SC(=S)N(CCC(=O)[O-])C2=O)c(C)n1CC(C)C. The molecule has 1 aliphatic heterocycles. The third-order valence-electron chi connectivity index (χ3n) is 3.86. The number of hydrogen-bond acceptors (Lipinski definition) is 5. The third kappa shape index (κ3) is 4.08. The number of thioether (sulfide) groups is 1. The van der Waals surface area contributed by atoms with E-state index in [4.69, 9.17) is 12.2 Å². The van der Waals surface area contributed by atoms with Crippen molar-refractivity contribution in [2.24, 2.45) is 5.92 Å². The van der Waals surface area contributed by atoms with Crippen LogP contribution in [0.2, 0.25) is 0 Å². The maximum Gasteiger partial charge on any atom is 0.266 e. The molecule has 1 aromatic rings. The topological polar surface area (TPSA) is 65.4 Å². The van der Waals surface area contributed by atoms with E-state index in [9.17, 15) is 14.7 Å². The smallest absolute Gasteiger partial charge is 0.266 e. The Morgan fingerprint density at radius 2 is 2.08 bits per heavy atom. The van der Waals surface area contributed by atoms with Gasteiger partial charge >= 0.3 is 0 Å². The Bertz CT molecular complexity index is 720. The molecule has 1 aliphatic rings. The van der Waals surface area contributed by atoms with Crippen LogP contribution in [0, 0.1) is 19.8 Å². The largest absolute Gasteiger partial charge is 0.550 e. The highest BCUT2D eigenvalue weighted by molar-refractivity contribution is 8.26. The van der Waals surface area contributed by atoms with Gasteiger partial charge in [-0.05, 0) is 37.5 Å². The minimum absolute atomic E-state index is 0.0523. The van der Waals surface area contributed by atoms with E-state index in [1.54, 1.807) is 0 Å².